The molecule has 0 aliphatic heterocycles. The molecule has 0 heterocycles. The van der Waals surface area contributed by atoms with E-state index < -0.39 is 11.9 Å². The van der Waals surface area contributed by atoms with Gasteiger partial charge in [-0.1, -0.05) is 26.8 Å². The molecule has 1 aromatic rings. The van der Waals surface area contributed by atoms with Gasteiger partial charge in [-0.15, -0.1) is 0 Å². The van der Waals surface area contributed by atoms with E-state index in [9.17, 15) is 9.50 Å². The highest BCUT2D eigenvalue weighted by Crippen LogP contribution is 2.37. The summed E-state index contributed by atoms with van der Waals surface area (Å²) in [7, 11) is 1.42. The molecule has 1 aromatic carbocycles. The van der Waals surface area contributed by atoms with Crippen LogP contribution in [0.15, 0.2) is 18.2 Å². The lowest BCUT2D eigenvalue weighted by Gasteiger charge is -2.29. The van der Waals surface area contributed by atoms with Gasteiger partial charge in [0.15, 0.2) is 11.6 Å². The van der Waals surface area contributed by atoms with Crippen molar-refractivity contribution in [2.45, 2.75) is 33.3 Å². The van der Waals surface area contributed by atoms with E-state index in [0.29, 0.717) is 5.56 Å². The second kappa shape index (κ2) is 4.83. The molecule has 0 bridgehead atoms. The van der Waals surface area contributed by atoms with Gasteiger partial charge in [-0.25, -0.2) is 4.39 Å². The van der Waals surface area contributed by atoms with Crippen LogP contribution in [-0.4, -0.2) is 12.2 Å². The van der Waals surface area contributed by atoms with Gasteiger partial charge >= 0.3 is 0 Å². The second-order valence-electron chi connectivity index (χ2n) is 4.64. The molecule has 0 amide bonds. The quantitative estimate of drug-likeness (QED) is 0.853. The summed E-state index contributed by atoms with van der Waals surface area (Å²) in [6.07, 6.45) is 0.153. The maximum Gasteiger partial charge on any atom is 0.165 e. The summed E-state index contributed by atoms with van der Waals surface area (Å²) in [6.45, 7) is 5.92. The summed E-state index contributed by atoms with van der Waals surface area (Å²) in [5.41, 5.74) is 0.325. The molecule has 0 aromatic heterocycles. The molecule has 0 aliphatic rings. The number of methoxy groups -OCH3 is 1. The van der Waals surface area contributed by atoms with E-state index in [4.69, 9.17) is 4.74 Å². The highest BCUT2D eigenvalue weighted by Gasteiger charge is 2.27. The molecular formula is C13H19FO2. The van der Waals surface area contributed by atoms with E-state index in [-0.39, 0.29) is 11.2 Å². The molecule has 0 fully saturated rings. The average Bonchev–Trinajstić information content (AvgIpc) is 2.27. The van der Waals surface area contributed by atoms with Crippen LogP contribution in [0.25, 0.3) is 0 Å². The first-order chi connectivity index (χ1) is 7.42. The molecule has 0 saturated heterocycles. The third-order valence-corrected chi connectivity index (χ3v) is 3.14. The third kappa shape index (κ3) is 2.53. The summed E-state index contributed by atoms with van der Waals surface area (Å²) < 4.78 is 18.3. The van der Waals surface area contributed by atoms with Crippen molar-refractivity contribution >= 4 is 0 Å². The van der Waals surface area contributed by atoms with Crippen molar-refractivity contribution in [3.8, 4) is 5.75 Å². The van der Waals surface area contributed by atoms with Crippen LogP contribution in [-0.2, 0) is 0 Å². The zero-order chi connectivity index (χ0) is 12.3. The molecule has 16 heavy (non-hydrogen) atoms. The fourth-order valence-electron chi connectivity index (χ4n) is 1.50. The zero-order valence-corrected chi connectivity index (χ0v) is 10.2. The summed E-state index contributed by atoms with van der Waals surface area (Å²) in [5, 5.41) is 10.1. The number of hydrogen-bond acceptors (Lipinski definition) is 2. The van der Waals surface area contributed by atoms with Crippen molar-refractivity contribution in [2.75, 3.05) is 7.11 Å². The smallest absolute Gasteiger partial charge is 0.165 e. The van der Waals surface area contributed by atoms with Crippen LogP contribution in [0.5, 0.6) is 5.75 Å². The minimum Gasteiger partial charge on any atom is -0.494 e. The Kier molecular flexibility index (Phi) is 3.92. The van der Waals surface area contributed by atoms with E-state index in [0.717, 1.165) is 6.42 Å². The Morgan fingerprint density at radius 3 is 2.50 bits per heavy atom. The zero-order valence-electron chi connectivity index (χ0n) is 10.2. The van der Waals surface area contributed by atoms with Crippen LogP contribution < -0.4 is 4.74 Å². The molecular weight excluding hydrogens is 207 g/mol. The second-order valence-corrected chi connectivity index (χ2v) is 4.64. The molecule has 1 N–H and O–H groups in total. The first kappa shape index (κ1) is 13.0. The maximum atomic E-state index is 13.5. The Balaban J connectivity index is 3.02. The Hall–Kier alpha value is -1.09. The van der Waals surface area contributed by atoms with Crippen LogP contribution in [0.4, 0.5) is 4.39 Å². The van der Waals surface area contributed by atoms with E-state index in [1.54, 1.807) is 12.1 Å². The molecule has 3 heteroatoms. The first-order valence-corrected chi connectivity index (χ1v) is 5.44. The van der Waals surface area contributed by atoms with Crippen LogP contribution in [0.3, 0.4) is 0 Å². The molecule has 1 rings (SSSR count). The number of aliphatic hydroxyl groups excluding tert-OH is 1. The van der Waals surface area contributed by atoms with Gasteiger partial charge in [0, 0.05) is 0 Å². The fourth-order valence-corrected chi connectivity index (χ4v) is 1.50. The summed E-state index contributed by atoms with van der Waals surface area (Å²) in [6, 6.07) is 4.57. The topological polar surface area (TPSA) is 29.5 Å². The van der Waals surface area contributed by atoms with E-state index in [2.05, 4.69) is 0 Å². The van der Waals surface area contributed by atoms with Crippen molar-refractivity contribution in [3.63, 3.8) is 0 Å². The summed E-state index contributed by atoms with van der Waals surface area (Å²) in [5.74, 6) is -0.240. The lowest BCUT2D eigenvalue weighted by atomic mass is 9.80. The van der Waals surface area contributed by atoms with Crippen molar-refractivity contribution in [2.24, 2.45) is 5.41 Å². The van der Waals surface area contributed by atoms with Gasteiger partial charge < -0.3 is 9.84 Å². The van der Waals surface area contributed by atoms with Gasteiger partial charge in [-0.2, -0.15) is 0 Å². The Labute approximate surface area is 96.1 Å². The van der Waals surface area contributed by atoms with Gasteiger partial charge in [-0.05, 0) is 29.5 Å². The average molecular weight is 226 g/mol. The fraction of sp³-hybridized carbons (Fsp3) is 0.538. The molecule has 0 spiro atoms. The number of rotatable bonds is 4. The molecule has 0 aliphatic carbocycles. The van der Waals surface area contributed by atoms with Gasteiger partial charge in [-0.3, -0.25) is 0 Å². The van der Waals surface area contributed by atoms with Crippen molar-refractivity contribution < 1.29 is 14.2 Å². The first-order valence-electron chi connectivity index (χ1n) is 5.44. The van der Waals surface area contributed by atoms with Crippen LogP contribution in [0.2, 0.25) is 0 Å². The normalized spacial score (nSPS) is 13.6. The van der Waals surface area contributed by atoms with Gasteiger partial charge in [0.05, 0.1) is 13.2 Å². The number of ether oxygens (including phenoxy) is 1. The molecule has 0 radical (unpaired) electrons. The Bertz CT molecular complexity index is 361. The minimum atomic E-state index is -0.669. The predicted molar refractivity (Wildman–Crippen MR) is 62.0 cm³/mol. The van der Waals surface area contributed by atoms with Crippen LogP contribution in [0, 0.1) is 11.2 Å². The van der Waals surface area contributed by atoms with Gasteiger partial charge in [0.1, 0.15) is 0 Å². The van der Waals surface area contributed by atoms with Gasteiger partial charge in [0.25, 0.3) is 0 Å². The number of hydrogen-bond donors (Lipinski definition) is 1. The van der Waals surface area contributed by atoms with Crippen molar-refractivity contribution in [3.05, 3.63) is 29.6 Å². The monoisotopic (exact) mass is 226 g/mol. The highest BCUT2D eigenvalue weighted by molar-refractivity contribution is 5.31. The standard InChI is InChI=1S/C13H19FO2/c1-5-13(2,3)12(15)9-6-7-11(16-4)10(14)8-9/h6-8,12,15H,5H2,1-4H3. The largest absolute Gasteiger partial charge is 0.494 e. The Morgan fingerprint density at radius 2 is 2.06 bits per heavy atom. The lowest BCUT2D eigenvalue weighted by Crippen LogP contribution is -2.21. The van der Waals surface area contributed by atoms with Crippen molar-refractivity contribution in [1.29, 1.82) is 0 Å². The molecule has 0 saturated carbocycles. The van der Waals surface area contributed by atoms with E-state index in [1.165, 1.54) is 13.2 Å². The third-order valence-electron chi connectivity index (χ3n) is 3.14. The van der Waals surface area contributed by atoms with Crippen LogP contribution >= 0.6 is 0 Å². The number of benzene rings is 1. The molecule has 2 nitrogen and oxygen atoms in total. The van der Waals surface area contributed by atoms with Gasteiger partial charge in [0.2, 0.25) is 0 Å². The molecule has 1 atom stereocenters. The summed E-state index contributed by atoms with van der Waals surface area (Å²) >= 11 is 0. The van der Waals surface area contributed by atoms with Crippen LogP contribution in [0.1, 0.15) is 38.9 Å². The number of aliphatic hydroxyl groups is 1. The minimum absolute atomic E-state index is 0.199. The predicted octanol–water partition coefficient (Wildman–Crippen LogP) is 3.30. The van der Waals surface area contributed by atoms with E-state index >= 15 is 0 Å². The highest BCUT2D eigenvalue weighted by atomic mass is 19.1. The molecule has 90 valence electrons. The SMILES string of the molecule is CCC(C)(C)C(O)c1ccc(OC)c(F)c1. The Morgan fingerprint density at radius 1 is 1.44 bits per heavy atom. The maximum absolute atomic E-state index is 13.5. The lowest BCUT2D eigenvalue weighted by molar-refractivity contribution is 0.0462. The number of halogens is 1. The summed E-state index contributed by atoms with van der Waals surface area (Å²) in [4.78, 5) is 0. The van der Waals surface area contributed by atoms with E-state index in [1.807, 2.05) is 20.8 Å². The van der Waals surface area contributed by atoms with Crippen molar-refractivity contribution in [1.82, 2.24) is 0 Å². The molecule has 1 unspecified atom stereocenters.